The molecule has 1 aromatic carbocycles. The zero-order valence-corrected chi connectivity index (χ0v) is 17.0. The molecule has 3 heterocycles. The first-order valence-electron chi connectivity index (χ1n) is 10.1. The molecular formula is C23H27N3O3. The second kappa shape index (κ2) is 9.09. The summed E-state index contributed by atoms with van der Waals surface area (Å²) in [5.74, 6) is 2.12. The van der Waals surface area contributed by atoms with Gasteiger partial charge in [-0.3, -0.25) is 9.88 Å². The van der Waals surface area contributed by atoms with Crippen LogP contribution in [0.1, 0.15) is 43.0 Å². The van der Waals surface area contributed by atoms with Gasteiger partial charge in [0.15, 0.2) is 17.3 Å². The molecule has 0 bridgehead atoms. The van der Waals surface area contributed by atoms with Crippen molar-refractivity contribution in [1.29, 1.82) is 0 Å². The molecule has 1 fully saturated rings. The van der Waals surface area contributed by atoms with Gasteiger partial charge in [-0.25, -0.2) is 0 Å². The predicted octanol–water partition coefficient (Wildman–Crippen LogP) is 4.87. The molecule has 0 spiro atoms. The van der Waals surface area contributed by atoms with Crippen LogP contribution in [0.25, 0.3) is 11.3 Å². The second-order valence-corrected chi connectivity index (χ2v) is 7.38. The molecule has 1 aliphatic rings. The SMILES string of the molecule is COc1ccc(-c2cc(C3CCCCCN3Cc3cccnc3)no2)cc1OC. The molecule has 0 saturated carbocycles. The Labute approximate surface area is 171 Å². The molecule has 0 amide bonds. The van der Waals surface area contributed by atoms with Crippen LogP contribution in [0, 0.1) is 0 Å². The van der Waals surface area contributed by atoms with Gasteiger partial charge in [0, 0.05) is 30.6 Å². The van der Waals surface area contributed by atoms with Gasteiger partial charge in [-0.05, 0) is 49.2 Å². The van der Waals surface area contributed by atoms with Gasteiger partial charge < -0.3 is 14.0 Å². The minimum Gasteiger partial charge on any atom is -0.493 e. The van der Waals surface area contributed by atoms with Crippen LogP contribution in [0.4, 0.5) is 0 Å². The van der Waals surface area contributed by atoms with Crippen molar-refractivity contribution in [3.63, 3.8) is 0 Å². The van der Waals surface area contributed by atoms with E-state index in [-0.39, 0.29) is 6.04 Å². The third-order valence-corrected chi connectivity index (χ3v) is 5.51. The average Bonchev–Trinajstić information content (AvgIpc) is 3.14. The Hall–Kier alpha value is -2.86. The van der Waals surface area contributed by atoms with Gasteiger partial charge in [-0.2, -0.15) is 0 Å². The van der Waals surface area contributed by atoms with E-state index in [9.17, 15) is 0 Å². The first kappa shape index (κ1) is 19.5. The van der Waals surface area contributed by atoms with Gasteiger partial charge >= 0.3 is 0 Å². The molecule has 1 saturated heterocycles. The molecule has 4 rings (SSSR count). The van der Waals surface area contributed by atoms with E-state index in [1.54, 1.807) is 14.2 Å². The maximum Gasteiger partial charge on any atom is 0.167 e. The summed E-state index contributed by atoms with van der Waals surface area (Å²) in [6.07, 6.45) is 8.50. The molecule has 0 aliphatic carbocycles. The summed E-state index contributed by atoms with van der Waals surface area (Å²) in [7, 11) is 3.27. The molecule has 6 nitrogen and oxygen atoms in total. The van der Waals surface area contributed by atoms with E-state index in [4.69, 9.17) is 14.0 Å². The van der Waals surface area contributed by atoms with Gasteiger partial charge in [-0.1, -0.05) is 24.1 Å². The number of rotatable bonds is 6. The minimum atomic E-state index is 0.246. The van der Waals surface area contributed by atoms with Gasteiger partial charge in [0.05, 0.1) is 20.3 Å². The highest BCUT2D eigenvalue weighted by Crippen LogP contribution is 2.36. The largest absolute Gasteiger partial charge is 0.493 e. The van der Waals surface area contributed by atoms with E-state index < -0.39 is 0 Å². The molecule has 0 radical (unpaired) electrons. The zero-order valence-electron chi connectivity index (χ0n) is 17.0. The topological polar surface area (TPSA) is 60.6 Å². The molecule has 6 heteroatoms. The van der Waals surface area contributed by atoms with Crippen LogP contribution in [-0.4, -0.2) is 35.8 Å². The van der Waals surface area contributed by atoms with Crippen molar-refractivity contribution < 1.29 is 14.0 Å². The molecule has 0 N–H and O–H groups in total. The number of aromatic nitrogens is 2. The number of nitrogens with zero attached hydrogens (tertiary/aromatic N) is 3. The van der Waals surface area contributed by atoms with E-state index in [1.807, 2.05) is 36.7 Å². The Kier molecular flexibility index (Phi) is 6.10. The van der Waals surface area contributed by atoms with Crippen molar-refractivity contribution in [3.8, 4) is 22.8 Å². The van der Waals surface area contributed by atoms with E-state index in [0.717, 1.165) is 36.5 Å². The second-order valence-electron chi connectivity index (χ2n) is 7.38. The normalized spacial score (nSPS) is 17.7. The summed E-state index contributed by atoms with van der Waals surface area (Å²) < 4.78 is 16.5. The number of hydrogen-bond acceptors (Lipinski definition) is 6. The van der Waals surface area contributed by atoms with Crippen molar-refractivity contribution in [2.24, 2.45) is 0 Å². The Morgan fingerprint density at radius 3 is 2.76 bits per heavy atom. The van der Waals surface area contributed by atoms with Crippen LogP contribution < -0.4 is 9.47 Å². The maximum atomic E-state index is 5.73. The summed E-state index contributed by atoms with van der Waals surface area (Å²) in [6, 6.07) is 12.2. The predicted molar refractivity (Wildman–Crippen MR) is 111 cm³/mol. The fourth-order valence-electron chi connectivity index (χ4n) is 3.99. The molecule has 1 atom stereocenters. The van der Waals surface area contributed by atoms with Crippen molar-refractivity contribution in [2.75, 3.05) is 20.8 Å². The van der Waals surface area contributed by atoms with Crippen molar-refractivity contribution >= 4 is 0 Å². The number of hydrogen-bond donors (Lipinski definition) is 0. The first-order valence-corrected chi connectivity index (χ1v) is 10.1. The lowest BCUT2D eigenvalue weighted by Crippen LogP contribution is -2.28. The fourth-order valence-corrected chi connectivity index (χ4v) is 3.99. The lowest BCUT2D eigenvalue weighted by molar-refractivity contribution is 0.184. The number of benzene rings is 1. The zero-order chi connectivity index (χ0) is 20.1. The van der Waals surface area contributed by atoms with Crippen LogP contribution >= 0.6 is 0 Å². The van der Waals surface area contributed by atoms with Crippen LogP contribution in [0.15, 0.2) is 53.3 Å². The lowest BCUT2D eigenvalue weighted by atomic mass is 10.0. The highest BCUT2D eigenvalue weighted by atomic mass is 16.5. The fraction of sp³-hybridized carbons (Fsp3) is 0.391. The Bertz CT molecular complexity index is 926. The Morgan fingerprint density at radius 1 is 1.07 bits per heavy atom. The molecule has 3 aromatic rings. The van der Waals surface area contributed by atoms with Gasteiger partial charge in [0.1, 0.15) is 5.69 Å². The molecular weight excluding hydrogens is 366 g/mol. The van der Waals surface area contributed by atoms with Crippen LogP contribution in [-0.2, 0) is 6.54 Å². The quantitative estimate of drug-likeness (QED) is 0.595. The summed E-state index contributed by atoms with van der Waals surface area (Å²) >= 11 is 0. The summed E-state index contributed by atoms with van der Waals surface area (Å²) in [5.41, 5.74) is 3.14. The number of pyridine rings is 1. The Morgan fingerprint density at radius 2 is 1.97 bits per heavy atom. The van der Waals surface area contributed by atoms with Crippen LogP contribution in [0.5, 0.6) is 11.5 Å². The number of methoxy groups -OCH3 is 2. The third-order valence-electron chi connectivity index (χ3n) is 5.51. The van der Waals surface area contributed by atoms with Gasteiger partial charge in [0.25, 0.3) is 0 Å². The number of likely N-dealkylation sites (tertiary alicyclic amines) is 1. The standard InChI is InChI=1S/C23H27N3O3/c1-27-21-10-9-18(13-23(21)28-2)22-14-19(25-29-22)20-8-4-3-5-12-26(20)16-17-7-6-11-24-15-17/h6-7,9-11,13-15,20H,3-5,8,12,16H2,1-2H3. The lowest BCUT2D eigenvalue weighted by Gasteiger charge is -2.28. The van der Waals surface area contributed by atoms with E-state index in [1.165, 1.54) is 24.8 Å². The highest BCUT2D eigenvalue weighted by Gasteiger charge is 2.26. The third kappa shape index (κ3) is 4.43. The molecule has 152 valence electrons. The van der Waals surface area contributed by atoms with Gasteiger partial charge in [-0.15, -0.1) is 0 Å². The van der Waals surface area contributed by atoms with Crippen molar-refractivity contribution in [2.45, 2.75) is 38.3 Å². The molecule has 1 unspecified atom stereocenters. The minimum absolute atomic E-state index is 0.246. The molecule has 1 aliphatic heterocycles. The maximum absolute atomic E-state index is 5.73. The average molecular weight is 393 g/mol. The van der Waals surface area contributed by atoms with Crippen molar-refractivity contribution in [1.82, 2.24) is 15.0 Å². The smallest absolute Gasteiger partial charge is 0.167 e. The van der Waals surface area contributed by atoms with Crippen LogP contribution in [0.2, 0.25) is 0 Å². The molecule has 2 aromatic heterocycles. The Balaban J connectivity index is 1.59. The van der Waals surface area contributed by atoms with Gasteiger partial charge in [0.2, 0.25) is 0 Å². The summed E-state index contributed by atoms with van der Waals surface area (Å²) in [5, 5.41) is 4.44. The first-order chi connectivity index (χ1) is 14.3. The summed E-state index contributed by atoms with van der Waals surface area (Å²) in [4.78, 5) is 6.76. The van der Waals surface area contributed by atoms with E-state index in [0.29, 0.717) is 11.5 Å². The monoisotopic (exact) mass is 393 g/mol. The van der Waals surface area contributed by atoms with Crippen LogP contribution in [0.3, 0.4) is 0 Å². The molecule has 29 heavy (non-hydrogen) atoms. The van der Waals surface area contributed by atoms with E-state index in [2.05, 4.69) is 27.2 Å². The highest BCUT2D eigenvalue weighted by molar-refractivity contribution is 5.62. The van der Waals surface area contributed by atoms with Crippen molar-refractivity contribution in [3.05, 3.63) is 60.0 Å². The number of ether oxygens (including phenoxy) is 2. The summed E-state index contributed by atoms with van der Waals surface area (Å²) in [6.45, 7) is 1.93. The van der Waals surface area contributed by atoms with E-state index >= 15 is 0 Å².